The van der Waals surface area contributed by atoms with Gasteiger partial charge in [0.1, 0.15) is 5.82 Å². The molecule has 5 nitrogen and oxygen atoms in total. The molecule has 0 aliphatic heterocycles. The zero-order valence-electron chi connectivity index (χ0n) is 31.7. The molecule has 0 fully saturated rings. The van der Waals surface area contributed by atoms with Crippen LogP contribution in [0.1, 0.15) is 107 Å². The van der Waals surface area contributed by atoms with E-state index in [1.54, 1.807) is 5.56 Å². The minimum Gasteiger partial charge on any atom is -0.509 e. The van der Waals surface area contributed by atoms with Crippen molar-refractivity contribution in [2.45, 2.75) is 92.9 Å². The van der Waals surface area contributed by atoms with E-state index in [2.05, 4.69) is 122 Å². The van der Waals surface area contributed by atoms with E-state index in [0.717, 1.165) is 57.3 Å². The zero-order valence-corrected chi connectivity index (χ0v) is 34.0. The zero-order chi connectivity index (χ0) is 36.0. The predicted molar refractivity (Wildman–Crippen MR) is 211 cm³/mol. The smallest absolute Gasteiger partial charge is 0.509 e. The molecule has 52 heavy (non-hydrogen) atoms. The summed E-state index contributed by atoms with van der Waals surface area (Å²) in [7, 11) is 0. The summed E-state index contributed by atoms with van der Waals surface area (Å²) in [5, 5.41) is 7.15. The van der Waals surface area contributed by atoms with Crippen LogP contribution in [0.4, 0.5) is 0 Å². The van der Waals surface area contributed by atoms with Gasteiger partial charge in [-0.05, 0) is 106 Å². The van der Waals surface area contributed by atoms with Crippen LogP contribution in [0.2, 0.25) is 0 Å². The molecule has 3 aromatic heterocycles. The van der Waals surface area contributed by atoms with Crippen LogP contribution in [0.5, 0.6) is 11.5 Å². The van der Waals surface area contributed by atoms with Crippen LogP contribution >= 0.6 is 0 Å². The molecule has 0 amide bonds. The van der Waals surface area contributed by atoms with E-state index in [9.17, 15) is 0 Å². The molecule has 4 aromatic carbocycles. The number of nitrogens with zero attached hydrogens (tertiary/aromatic N) is 4. The van der Waals surface area contributed by atoms with Crippen LogP contribution in [0.25, 0.3) is 44.4 Å². The van der Waals surface area contributed by atoms with Crippen LogP contribution in [-0.2, 0) is 33.9 Å². The molecule has 3 heterocycles. The van der Waals surface area contributed by atoms with Crippen molar-refractivity contribution in [3.63, 3.8) is 0 Å². The Morgan fingerprint density at radius 2 is 1.40 bits per heavy atom. The van der Waals surface area contributed by atoms with Gasteiger partial charge in [-0.15, -0.1) is 35.7 Å². The summed E-state index contributed by atoms with van der Waals surface area (Å²) in [5.41, 5.74) is 14.0. The molecule has 0 spiro atoms. The van der Waals surface area contributed by atoms with Gasteiger partial charge in [0.25, 0.3) is 0 Å². The standard InChI is InChI=1S/C46H48N4O.Pt/c1-10-36-43(28(3)4)45(30(7)8)44(29(5)6)37(11-2)46(36)32-26-48-49(27-32)33-15-14-16-34(24-33)51-35-19-20-39-38-17-12-13-18-40(38)50(41(39)25-35)42-23-31(9)21-22-47-42;/h12-23,26-30H,10-11H2,1-9H3;/q-2;+2. The van der Waals surface area contributed by atoms with Gasteiger partial charge in [0.05, 0.1) is 6.20 Å². The Kier molecular flexibility index (Phi) is 10.9. The van der Waals surface area contributed by atoms with Crippen LogP contribution in [-0.4, -0.2) is 19.3 Å². The van der Waals surface area contributed by atoms with E-state index < -0.39 is 0 Å². The Hall–Kier alpha value is -4.47. The van der Waals surface area contributed by atoms with Gasteiger partial charge in [-0.1, -0.05) is 79.1 Å². The van der Waals surface area contributed by atoms with E-state index in [-0.39, 0.29) is 21.1 Å². The number of hydrogen-bond acceptors (Lipinski definition) is 3. The van der Waals surface area contributed by atoms with Crippen molar-refractivity contribution in [3.05, 3.63) is 131 Å². The monoisotopic (exact) mass is 867 g/mol. The number of pyridine rings is 1. The predicted octanol–water partition coefficient (Wildman–Crippen LogP) is 12.2. The fourth-order valence-electron chi connectivity index (χ4n) is 8.09. The van der Waals surface area contributed by atoms with Crippen LogP contribution in [0, 0.1) is 19.1 Å². The molecular weight excluding hydrogens is 820 g/mol. The first-order chi connectivity index (χ1) is 24.6. The summed E-state index contributed by atoms with van der Waals surface area (Å²) in [6, 6.07) is 29.6. The van der Waals surface area contributed by atoms with Crippen molar-refractivity contribution in [2.24, 2.45) is 0 Å². The van der Waals surface area contributed by atoms with E-state index in [1.807, 2.05) is 47.4 Å². The number of para-hydroxylation sites is 1. The van der Waals surface area contributed by atoms with E-state index in [4.69, 9.17) is 14.8 Å². The minimum atomic E-state index is 0. The number of hydrogen-bond donors (Lipinski definition) is 0. The Morgan fingerprint density at radius 1 is 0.731 bits per heavy atom. The van der Waals surface area contributed by atoms with Crippen molar-refractivity contribution in [3.8, 4) is 34.1 Å². The maximum absolute atomic E-state index is 6.46. The van der Waals surface area contributed by atoms with Crippen molar-refractivity contribution >= 4 is 21.8 Å². The Labute approximate surface area is 323 Å². The second kappa shape index (κ2) is 15.2. The van der Waals surface area contributed by atoms with Crippen molar-refractivity contribution < 1.29 is 25.8 Å². The average molecular weight is 868 g/mol. The van der Waals surface area contributed by atoms with Gasteiger partial charge in [-0.2, -0.15) is 17.2 Å². The van der Waals surface area contributed by atoms with E-state index in [1.165, 1.54) is 27.8 Å². The van der Waals surface area contributed by atoms with Gasteiger partial charge in [0.2, 0.25) is 0 Å². The van der Waals surface area contributed by atoms with Gasteiger partial charge in [0, 0.05) is 35.0 Å². The molecular formula is C46H48N4OPt. The number of fused-ring (bicyclic) bond motifs is 3. The van der Waals surface area contributed by atoms with Crippen molar-refractivity contribution in [2.75, 3.05) is 0 Å². The second-order valence-electron chi connectivity index (χ2n) is 14.5. The molecule has 0 unspecified atom stereocenters. The Balaban J connectivity index is 0.00000464. The van der Waals surface area contributed by atoms with E-state index in [0.29, 0.717) is 29.3 Å². The first kappa shape index (κ1) is 37.3. The molecule has 0 saturated heterocycles. The average Bonchev–Trinajstić information content (AvgIpc) is 3.73. The molecule has 0 radical (unpaired) electrons. The van der Waals surface area contributed by atoms with Crippen LogP contribution in [0.15, 0.2) is 85.3 Å². The molecule has 0 bridgehead atoms. The quantitative estimate of drug-likeness (QED) is 0.129. The number of benzene rings is 4. The third-order valence-corrected chi connectivity index (χ3v) is 10.1. The molecule has 0 atom stereocenters. The molecule has 7 aromatic rings. The Bertz CT molecular complexity index is 2340. The molecule has 0 N–H and O–H groups in total. The molecule has 0 aliphatic rings. The largest absolute Gasteiger partial charge is 2.00 e. The number of rotatable bonds is 10. The summed E-state index contributed by atoms with van der Waals surface area (Å²) in [6.45, 7) is 20.8. The normalized spacial score (nSPS) is 11.7. The van der Waals surface area contributed by atoms with Crippen molar-refractivity contribution in [1.82, 2.24) is 19.3 Å². The maximum atomic E-state index is 6.46. The molecule has 268 valence electrons. The van der Waals surface area contributed by atoms with Crippen LogP contribution < -0.4 is 4.74 Å². The van der Waals surface area contributed by atoms with Gasteiger partial charge in [-0.3, -0.25) is 4.68 Å². The third kappa shape index (κ3) is 6.65. The van der Waals surface area contributed by atoms with Crippen LogP contribution in [0.3, 0.4) is 0 Å². The number of aromatic nitrogens is 4. The van der Waals surface area contributed by atoms with Gasteiger partial charge in [0.15, 0.2) is 0 Å². The summed E-state index contributed by atoms with van der Waals surface area (Å²) < 4.78 is 10.5. The first-order valence-corrected chi connectivity index (χ1v) is 18.5. The summed E-state index contributed by atoms with van der Waals surface area (Å²) in [4.78, 5) is 4.71. The first-order valence-electron chi connectivity index (χ1n) is 18.5. The van der Waals surface area contributed by atoms with Gasteiger partial charge < -0.3 is 9.30 Å². The topological polar surface area (TPSA) is 44.9 Å². The molecule has 6 heteroatoms. The fourth-order valence-corrected chi connectivity index (χ4v) is 8.09. The third-order valence-electron chi connectivity index (χ3n) is 10.1. The maximum Gasteiger partial charge on any atom is 2.00 e. The van der Waals surface area contributed by atoms with Crippen molar-refractivity contribution in [1.29, 1.82) is 0 Å². The SMILES string of the molecule is CCc1c(-c2cnn(-c3[c-]c(Oc4[c-]c5c(cc4)c4ccccc4n5-c4cc(C)ccn4)ccc3)c2)c(CC)c(C(C)C)c(C(C)C)c1C(C)C.[Pt+2]. The minimum absolute atomic E-state index is 0. The molecule has 0 saturated carbocycles. The molecule has 7 rings (SSSR count). The number of aryl methyl sites for hydroxylation is 1. The number of ether oxygens (including phenoxy) is 1. The summed E-state index contributed by atoms with van der Waals surface area (Å²) in [6.07, 6.45) is 8.00. The molecule has 0 aliphatic carbocycles. The van der Waals surface area contributed by atoms with Gasteiger partial charge in [-0.25, -0.2) is 4.98 Å². The second-order valence-corrected chi connectivity index (χ2v) is 14.5. The summed E-state index contributed by atoms with van der Waals surface area (Å²) in [5.74, 6) is 3.40. The fraction of sp³-hybridized carbons (Fsp3) is 0.304. The summed E-state index contributed by atoms with van der Waals surface area (Å²) >= 11 is 0. The Morgan fingerprint density at radius 3 is 2.06 bits per heavy atom. The van der Waals surface area contributed by atoms with Gasteiger partial charge >= 0.3 is 21.1 Å². The van der Waals surface area contributed by atoms with E-state index >= 15 is 0 Å².